The number of carboxylic acids is 1. The number of hydrogen-bond donors (Lipinski definition) is 2. The van der Waals surface area contributed by atoms with Crippen molar-refractivity contribution in [3.05, 3.63) is 29.8 Å². The largest absolute Gasteiger partial charge is 0.477 e. The highest BCUT2D eigenvalue weighted by molar-refractivity contribution is 5.91. The molecule has 0 aliphatic carbocycles. The van der Waals surface area contributed by atoms with Crippen LogP contribution in [0.2, 0.25) is 0 Å². The number of carbonyl (C=O) groups excluding carboxylic acids is 1. The Bertz CT molecular complexity index is 480. The van der Waals surface area contributed by atoms with Crippen molar-refractivity contribution in [2.45, 2.75) is 12.7 Å². The van der Waals surface area contributed by atoms with Gasteiger partial charge in [0.1, 0.15) is 0 Å². The van der Waals surface area contributed by atoms with Gasteiger partial charge in [0.2, 0.25) is 5.91 Å². The Morgan fingerprint density at radius 1 is 1.39 bits per heavy atom. The van der Waals surface area contributed by atoms with Crippen LogP contribution in [-0.4, -0.2) is 23.8 Å². The van der Waals surface area contributed by atoms with Gasteiger partial charge < -0.3 is 15.2 Å². The minimum atomic E-state index is -2.06. The monoisotopic (exact) mass is 253 g/mol. The first-order chi connectivity index (χ1) is 8.56. The summed E-state index contributed by atoms with van der Waals surface area (Å²) in [5.41, 5.74) is 0.447. The average Bonchev–Trinajstić information content (AvgIpc) is 2.79. The Morgan fingerprint density at radius 3 is 2.67 bits per heavy atom. The maximum absolute atomic E-state index is 11.3. The van der Waals surface area contributed by atoms with Gasteiger partial charge in [-0.3, -0.25) is 4.79 Å². The predicted octanol–water partition coefficient (Wildman–Crippen LogP) is 0.818. The summed E-state index contributed by atoms with van der Waals surface area (Å²) in [5, 5.41) is 11.7. The summed E-state index contributed by atoms with van der Waals surface area (Å²) in [4.78, 5) is 31.7. The molecule has 1 aromatic carbocycles. The first-order valence-corrected chi connectivity index (χ1v) is 5.11. The van der Waals surface area contributed by atoms with Crippen LogP contribution in [0.25, 0.3) is 0 Å². The molecular formula is C11H11NO6. The predicted molar refractivity (Wildman–Crippen MR) is 58.2 cm³/mol. The van der Waals surface area contributed by atoms with Gasteiger partial charge in [0, 0.05) is 12.5 Å². The number of anilines is 1. The van der Waals surface area contributed by atoms with E-state index in [1.807, 2.05) is 0 Å². The third-order valence-corrected chi connectivity index (χ3v) is 2.36. The lowest BCUT2D eigenvalue weighted by Crippen LogP contribution is -2.37. The lowest BCUT2D eigenvalue weighted by atomic mass is 10.0. The number of ether oxygens (including phenoxy) is 1. The second-order valence-electron chi connectivity index (χ2n) is 3.61. The highest BCUT2D eigenvalue weighted by Crippen LogP contribution is 2.36. The van der Waals surface area contributed by atoms with E-state index in [2.05, 4.69) is 10.2 Å². The molecule has 1 saturated heterocycles. The van der Waals surface area contributed by atoms with Crippen LogP contribution in [0.3, 0.4) is 0 Å². The van der Waals surface area contributed by atoms with E-state index in [4.69, 9.17) is 9.62 Å². The van der Waals surface area contributed by atoms with Gasteiger partial charge in [0.25, 0.3) is 0 Å². The molecule has 1 aromatic rings. The van der Waals surface area contributed by atoms with Gasteiger partial charge in [-0.05, 0) is 6.07 Å². The van der Waals surface area contributed by atoms with Crippen LogP contribution in [-0.2, 0) is 29.9 Å². The van der Waals surface area contributed by atoms with E-state index in [1.165, 1.54) is 13.0 Å². The smallest absolute Gasteiger partial charge is 0.372 e. The zero-order valence-corrected chi connectivity index (χ0v) is 9.50. The summed E-state index contributed by atoms with van der Waals surface area (Å²) < 4.78 is 5.02. The summed E-state index contributed by atoms with van der Waals surface area (Å²) in [6.45, 7) is 1.01. The number of carbonyl (C=O) groups is 2. The van der Waals surface area contributed by atoms with E-state index in [-0.39, 0.29) is 24.0 Å². The molecule has 2 rings (SSSR count). The van der Waals surface area contributed by atoms with E-state index in [9.17, 15) is 14.7 Å². The Balaban J connectivity index is 2.48. The highest BCUT2D eigenvalue weighted by Gasteiger charge is 2.50. The molecule has 96 valence electrons. The summed E-state index contributed by atoms with van der Waals surface area (Å²) >= 11 is 0. The zero-order chi connectivity index (χ0) is 13.2. The lowest BCUT2D eigenvalue weighted by Gasteiger charge is -2.22. The summed E-state index contributed by atoms with van der Waals surface area (Å²) in [6.07, 6.45) is 0. The van der Waals surface area contributed by atoms with Crippen LogP contribution in [0, 0.1) is 0 Å². The highest BCUT2D eigenvalue weighted by atomic mass is 17.3. The van der Waals surface area contributed by atoms with Gasteiger partial charge in [0.05, 0.1) is 5.69 Å². The fourth-order valence-corrected chi connectivity index (χ4v) is 1.64. The minimum absolute atomic E-state index is 0.158. The van der Waals surface area contributed by atoms with Crippen LogP contribution >= 0.6 is 0 Å². The van der Waals surface area contributed by atoms with E-state index >= 15 is 0 Å². The van der Waals surface area contributed by atoms with Crippen LogP contribution in [0.4, 0.5) is 5.69 Å². The van der Waals surface area contributed by atoms with E-state index in [1.54, 1.807) is 18.2 Å². The topological polar surface area (TPSA) is 94.1 Å². The molecular weight excluding hydrogens is 242 g/mol. The van der Waals surface area contributed by atoms with Crippen molar-refractivity contribution in [1.29, 1.82) is 0 Å². The van der Waals surface area contributed by atoms with E-state index < -0.39 is 11.8 Å². The Kier molecular flexibility index (Phi) is 3.28. The molecule has 1 heterocycles. The summed E-state index contributed by atoms with van der Waals surface area (Å²) in [6, 6.07) is 6.29. The maximum Gasteiger partial charge on any atom is 0.372 e. The number of benzene rings is 1. The molecule has 7 nitrogen and oxygen atoms in total. The molecule has 1 amide bonds. The first-order valence-electron chi connectivity index (χ1n) is 5.11. The number of hydrogen-bond acceptors (Lipinski definition) is 5. The number of para-hydroxylation sites is 1. The molecule has 0 spiro atoms. The van der Waals surface area contributed by atoms with Crippen LogP contribution < -0.4 is 5.32 Å². The van der Waals surface area contributed by atoms with Crippen molar-refractivity contribution in [1.82, 2.24) is 0 Å². The van der Waals surface area contributed by atoms with Gasteiger partial charge in [-0.2, -0.15) is 4.89 Å². The van der Waals surface area contributed by atoms with Crippen molar-refractivity contribution in [2.75, 3.05) is 12.1 Å². The molecule has 1 aliphatic heterocycles. The van der Waals surface area contributed by atoms with Crippen molar-refractivity contribution >= 4 is 17.6 Å². The maximum atomic E-state index is 11.3. The molecule has 18 heavy (non-hydrogen) atoms. The average molecular weight is 253 g/mol. The van der Waals surface area contributed by atoms with Crippen LogP contribution in [0.1, 0.15) is 12.5 Å². The fourth-order valence-electron chi connectivity index (χ4n) is 1.64. The zero-order valence-electron chi connectivity index (χ0n) is 9.50. The quantitative estimate of drug-likeness (QED) is 0.774. The van der Waals surface area contributed by atoms with Gasteiger partial charge >= 0.3 is 11.8 Å². The second kappa shape index (κ2) is 4.73. The molecule has 0 saturated carbocycles. The molecule has 0 bridgehead atoms. The number of aliphatic carboxylic acids is 1. The first kappa shape index (κ1) is 12.5. The molecule has 1 fully saturated rings. The minimum Gasteiger partial charge on any atom is -0.477 e. The summed E-state index contributed by atoms with van der Waals surface area (Å²) in [7, 11) is 0. The third kappa shape index (κ3) is 2.06. The van der Waals surface area contributed by atoms with Crippen molar-refractivity contribution < 1.29 is 29.2 Å². The Labute approximate surface area is 102 Å². The standard InChI is InChI=1S/C11H11NO6/c1-7(13)12-9-5-3-2-4-8(9)11(10(14)15)16-6-17-18-11/h2-5H,6H2,1H3,(H,12,13)(H,14,15). The van der Waals surface area contributed by atoms with Crippen molar-refractivity contribution in [3.8, 4) is 0 Å². The second-order valence-corrected chi connectivity index (χ2v) is 3.61. The van der Waals surface area contributed by atoms with Gasteiger partial charge in [-0.1, -0.05) is 18.2 Å². The van der Waals surface area contributed by atoms with Gasteiger partial charge in [0.15, 0.2) is 6.79 Å². The van der Waals surface area contributed by atoms with Crippen molar-refractivity contribution in [3.63, 3.8) is 0 Å². The molecule has 7 heteroatoms. The summed E-state index contributed by atoms with van der Waals surface area (Å²) in [5.74, 6) is -3.75. The van der Waals surface area contributed by atoms with Gasteiger partial charge in [-0.15, -0.1) is 0 Å². The number of carboxylic acid groups (broad SMARTS) is 1. The number of rotatable bonds is 3. The van der Waals surface area contributed by atoms with Crippen molar-refractivity contribution in [2.24, 2.45) is 0 Å². The van der Waals surface area contributed by atoms with Crippen LogP contribution in [0.5, 0.6) is 0 Å². The third-order valence-electron chi connectivity index (χ3n) is 2.36. The molecule has 1 aliphatic rings. The molecule has 0 aromatic heterocycles. The van der Waals surface area contributed by atoms with E-state index in [0.717, 1.165) is 0 Å². The van der Waals surface area contributed by atoms with Gasteiger partial charge in [-0.25, -0.2) is 9.68 Å². The SMILES string of the molecule is CC(=O)Nc1ccccc1C1(C(=O)O)OCOO1. The number of nitrogens with one attached hydrogen (secondary N) is 1. The fraction of sp³-hybridized carbons (Fsp3) is 0.273. The molecule has 2 N–H and O–H groups in total. The normalized spacial score (nSPS) is 22.7. The van der Waals surface area contributed by atoms with Crippen LogP contribution in [0.15, 0.2) is 24.3 Å². The molecule has 1 atom stereocenters. The Morgan fingerprint density at radius 2 is 2.11 bits per heavy atom. The Hall–Kier alpha value is -1.96. The number of amides is 1. The molecule has 0 radical (unpaired) electrons. The molecule has 1 unspecified atom stereocenters. The van der Waals surface area contributed by atoms with E-state index in [0.29, 0.717) is 0 Å². The lowest BCUT2D eigenvalue weighted by molar-refractivity contribution is -0.319.